The molecule has 0 aliphatic heterocycles. The highest BCUT2D eigenvalue weighted by molar-refractivity contribution is 14.2. The largest absolute Gasteiger partial charge is 0.465 e. The van der Waals surface area contributed by atoms with Gasteiger partial charge in [-0.15, -0.1) is 0 Å². The Bertz CT molecular complexity index is 725. The minimum atomic E-state index is -0.334. The number of aromatic nitrogens is 1. The number of carbonyl (C=O) groups is 2. The first kappa shape index (κ1) is 14.9. The molecule has 110 valence electrons. The molecule has 0 unspecified atom stereocenters. The van der Waals surface area contributed by atoms with Crippen LogP contribution in [-0.4, -0.2) is 22.8 Å². The fourth-order valence-corrected chi connectivity index (χ4v) is 4.38. The maximum Gasteiger partial charge on any atom is 0.340 e. The molecule has 1 heterocycles. The maximum atomic E-state index is 12.0. The van der Waals surface area contributed by atoms with E-state index in [1.165, 1.54) is 16.2 Å². The lowest BCUT2D eigenvalue weighted by Gasteiger charge is -2.13. The minimum absolute atomic E-state index is 0.266. The highest BCUT2D eigenvalue weighted by Crippen LogP contribution is 2.39. The van der Waals surface area contributed by atoms with Gasteiger partial charge >= 0.3 is 5.97 Å². The fraction of sp³-hybridized carbons (Fsp3) is 0.333. The second kappa shape index (κ2) is 6.00. The van der Waals surface area contributed by atoms with Gasteiger partial charge in [-0.1, -0.05) is 6.07 Å². The number of hydrogen-bond donors (Lipinski definition) is 0. The average Bonchev–Trinajstić information content (AvgIpc) is 3.11. The Morgan fingerprint density at radius 2 is 2.24 bits per heavy atom. The van der Waals surface area contributed by atoms with Crippen molar-refractivity contribution >= 4 is 53.0 Å². The number of esters is 1. The van der Waals surface area contributed by atoms with E-state index in [2.05, 4.69) is 21.2 Å². The van der Waals surface area contributed by atoms with E-state index >= 15 is 0 Å². The van der Waals surface area contributed by atoms with Crippen LogP contribution >= 0.6 is 30.3 Å². The zero-order chi connectivity index (χ0) is 15.0. The summed E-state index contributed by atoms with van der Waals surface area (Å²) in [6, 6.07) is 5.81. The van der Waals surface area contributed by atoms with Crippen LogP contribution in [0.2, 0.25) is 0 Å². The van der Waals surface area contributed by atoms with Crippen LogP contribution in [0.15, 0.2) is 24.4 Å². The topological polar surface area (TPSA) is 48.3 Å². The molecule has 3 rings (SSSR count). The van der Waals surface area contributed by atoms with Crippen molar-refractivity contribution in [1.29, 1.82) is 0 Å². The molecule has 0 spiro atoms. The monoisotopic (exact) mass is 415 g/mol. The summed E-state index contributed by atoms with van der Waals surface area (Å²) >= 11 is 2.19. The molecule has 1 aromatic carbocycles. The fourth-order valence-electron chi connectivity index (χ4n) is 3.02. The second-order valence-corrected chi connectivity index (χ2v) is 6.86. The predicted molar refractivity (Wildman–Crippen MR) is 91.9 cm³/mol. The molecule has 0 amide bonds. The Balaban J connectivity index is 2.18. The molecule has 1 aliphatic carbocycles. The number of ketones is 1. The summed E-state index contributed by atoms with van der Waals surface area (Å²) < 4.78 is 6.84. The third-order valence-electron chi connectivity index (χ3n) is 4.01. The van der Waals surface area contributed by atoms with E-state index in [1.54, 1.807) is 0 Å². The van der Waals surface area contributed by atoms with Crippen LogP contribution in [0.1, 0.15) is 41.1 Å². The molecule has 1 aromatic heterocycles. The number of Topliss-reactive ketones (excluding diaryl/α,β-unsaturated/α-hetero) is 1. The van der Waals surface area contributed by atoms with E-state index in [4.69, 9.17) is 4.74 Å². The summed E-state index contributed by atoms with van der Waals surface area (Å²) in [6.07, 6.45) is 4.12. The molecule has 1 saturated carbocycles. The summed E-state index contributed by atoms with van der Waals surface area (Å²) in [6.45, 7) is 0. The number of rotatable bonds is 3. The molecular formula is C15H14INO3S. The van der Waals surface area contributed by atoms with E-state index in [1.807, 2.05) is 28.4 Å². The normalized spacial score (nSPS) is 18.4. The van der Waals surface area contributed by atoms with Crippen molar-refractivity contribution in [2.75, 3.05) is 7.11 Å². The molecule has 4 nitrogen and oxygen atoms in total. The van der Waals surface area contributed by atoms with Crippen LogP contribution < -0.4 is 0 Å². The van der Waals surface area contributed by atoms with Crippen LogP contribution in [0.3, 0.4) is 0 Å². The van der Waals surface area contributed by atoms with Crippen molar-refractivity contribution in [3.05, 3.63) is 35.5 Å². The number of hydrogen-bond acceptors (Lipinski definition) is 4. The van der Waals surface area contributed by atoms with E-state index < -0.39 is 0 Å². The first-order chi connectivity index (χ1) is 10.2. The maximum absolute atomic E-state index is 12.0. The van der Waals surface area contributed by atoms with Gasteiger partial charge < -0.3 is 4.74 Å². The molecule has 1 atom stereocenters. The highest BCUT2D eigenvalue weighted by atomic mass is 127. The van der Waals surface area contributed by atoms with Gasteiger partial charge in [-0.25, -0.2) is 4.79 Å². The molecule has 2 aromatic rings. The van der Waals surface area contributed by atoms with Crippen LogP contribution in [0, 0.1) is 0 Å². The third-order valence-corrected chi connectivity index (χ3v) is 5.74. The van der Waals surface area contributed by atoms with Gasteiger partial charge in [0.05, 0.1) is 18.2 Å². The molecule has 1 fully saturated rings. The van der Waals surface area contributed by atoms with Gasteiger partial charge in [-0.3, -0.25) is 8.77 Å². The second-order valence-electron chi connectivity index (χ2n) is 5.15. The Hall–Kier alpha value is -1.02. The summed E-state index contributed by atoms with van der Waals surface area (Å²) in [5.41, 5.74) is 2.60. The van der Waals surface area contributed by atoms with Gasteiger partial charge in [-0.2, -0.15) is 0 Å². The quantitative estimate of drug-likeness (QED) is 0.559. The smallest absolute Gasteiger partial charge is 0.340 e. The van der Waals surface area contributed by atoms with Crippen molar-refractivity contribution in [2.24, 2.45) is 0 Å². The van der Waals surface area contributed by atoms with E-state index in [-0.39, 0.29) is 11.9 Å². The highest BCUT2D eigenvalue weighted by Gasteiger charge is 2.27. The number of ether oxygens (including phenoxy) is 1. The number of halogens is 1. The van der Waals surface area contributed by atoms with Gasteiger partial charge in [0, 0.05) is 54.7 Å². The zero-order valence-corrected chi connectivity index (χ0v) is 14.4. The summed E-state index contributed by atoms with van der Waals surface area (Å²) in [5, 5.41) is 1.04. The molecule has 6 heteroatoms. The third kappa shape index (κ3) is 2.59. The Morgan fingerprint density at radius 1 is 1.43 bits per heavy atom. The molecule has 0 N–H and O–H groups in total. The summed E-state index contributed by atoms with van der Waals surface area (Å²) in [4.78, 5) is 23.5. The van der Waals surface area contributed by atoms with Gasteiger partial charge in [0.15, 0.2) is 0 Å². The number of benzene rings is 1. The zero-order valence-electron chi connectivity index (χ0n) is 11.5. The van der Waals surface area contributed by atoms with Gasteiger partial charge in [-0.05, 0) is 30.0 Å². The van der Waals surface area contributed by atoms with Crippen LogP contribution in [0.5, 0.6) is 0 Å². The summed E-state index contributed by atoms with van der Waals surface area (Å²) in [7, 11) is 2.90. The number of fused-ring (bicyclic) bond motifs is 1. The molecule has 1 aliphatic rings. The molecular weight excluding hydrogens is 401 g/mol. The lowest BCUT2D eigenvalue weighted by Crippen LogP contribution is -2.05. The molecule has 0 bridgehead atoms. The van der Waals surface area contributed by atoms with Gasteiger partial charge in [0.2, 0.25) is 0 Å². The lowest BCUT2D eigenvalue weighted by molar-refractivity contribution is -0.117. The van der Waals surface area contributed by atoms with Crippen molar-refractivity contribution < 1.29 is 14.3 Å². The van der Waals surface area contributed by atoms with Crippen molar-refractivity contribution in [2.45, 2.75) is 25.2 Å². The van der Waals surface area contributed by atoms with Crippen LogP contribution in [-0.2, 0) is 9.53 Å². The van der Waals surface area contributed by atoms with E-state index in [0.717, 1.165) is 22.9 Å². The van der Waals surface area contributed by atoms with Crippen molar-refractivity contribution in [1.82, 2.24) is 3.97 Å². The van der Waals surface area contributed by atoms with Crippen molar-refractivity contribution in [3.63, 3.8) is 0 Å². The van der Waals surface area contributed by atoms with Crippen molar-refractivity contribution in [3.8, 4) is 0 Å². The minimum Gasteiger partial charge on any atom is -0.465 e. The van der Waals surface area contributed by atoms with Crippen LogP contribution in [0.4, 0.5) is 0 Å². The number of methoxy groups -OCH3 is 1. The van der Waals surface area contributed by atoms with E-state index in [0.29, 0.717) is 24.2 Å². The predicted octanol–water partition coefficient (Wildman–Crippen LogP) is 4.11. The number of carbonyl (C=O) groups excluding carboxylic acids is 2. The summed E-state index contributed by atoms with van der Waals surface area (Å²) in [5.74, 6) is 0.258. The Labute approximate surface area is 138 Å². The van der Waals surface area contributed by atoms with Gasteiger partial charge in [0.1, 0.15) is 5.78 Å². The lowest BCUT2D eigenvalue weighted by atomic mass is 9.93. The SMILES string of the molecule is COC(=O)c1ccc([C@@H]2CCC(=O)C2)c2ccn(SI)c12. The standard InChI is InChI=1S/C15H14INO3S/c1-20-15(19)13-5-4-11(9-2-3-10(18)8-9)12-6-7-17(21-16)14(12)13/h4-7,9H,2-3,8H2,1H3/t9-/m1/s1. The first-order valence-electron chi connectivity index (χ1n) is 6.68. The molecule has 0 saturated heterocycles. The van der Waals surface area contributed by atoms with Crippen LogP contribution in [0.25, 0.3) is 10.9 Å². The van der Waals surface area contributed by atoms with E-state index in [9.17, 15) is 9.59 Å². The first-order valence-corrected chi connectivity index (χ1v) is 10.0. The molecule has 21 heavy (non-hydrogen) atoms. The van der Waals surface area contributed by atoms with Gasteiger partial charge in [0.25, 0.3) is 0 Å². The Morgan fingerprint density at radius 3 is 2.86 bits per heavy atom. The average molecular weight is 415 g/mol. The Kier molecular flexibility index (Phi) is 4.26. The molecule has 0 radical (unpaired) electrons. The number of nitrogens with zero attached hydrogens (tertiary/aromatic N) is 1.